The zero-order chi connectivity index (χ0) is 15.9. The number of benzene rings is 1. The maximum Gasteiger partial charge on any atom is 0.146 e. The van der Waals surface area contributed by atoms with Gasteiger partial charge in [-0.25, -0.2) is 0 Å². The molecule has 2 heterocycles. The molecule has 124 valence electrons. The number of aryl methyl sites for hydroxylation is 1. The van der Waals surface area contributed by atoms with Gasteiger partial charge in [0.15, 0.2) is 0 Å². The number of ether oxygens (including phenoxy) is 2. The van der Waals surface area contributed by atoms with E-state index in [1.807, 2.05) is 36.4 Å². The minimum atomic E-state index is 0.396. The van der Waals surface area contributed by atoms with Crippen molar-refractivity contribution in [1.82, 2.24) is 4.90 Å². The van der Waals surface area contributed by atoms with E-state index in [0.717, 1.165) is 57.2 Å². The molecule has 1 aliphatic heterocycles. The third-order valence-corrected chi connectivity index (χ3v) is 4.24. The lowest BCUT2D eigenvalue weighted by molar-refractivity contribution is 0.0373. The molecule has 0 atom stereocenters. The highest BCUT2D eigenvalue weighted by molar-refractivity contribution is 6.32. The Labute approximate surface area is 141 Å². The predicted molar refractivity (Wildman–Crippen MR) is 90.1 cm³/mol. The lowest BCUT2D eigenvalue weighted by Gasteiger charge is -2.26. The maximum atomic E-state index is 6.07. The third kappa shape index (κ3) is 4.99. The Morgan fingerprint density at radius 1 is 1.04 bits per heavy atom. The number of halogens is 1. The van der Waals surface area contributed by atoms with Gasteiger partial charge in [-0.05, 0) is 37.2 Å². The fourth-order valence-electron chi connectivity index (χ4n) is 2.65. The first-order valence-electron chi connectivity index (χ1n) is 8.06. The first kappa shape index (κ1) is 16.4. The van der Waals surface area contributed by atoms with Gasteiger partial charge in [-0.1, -0.05) is 23.7 Å². The van der Waals surface area contributed by atoms with E-state index in [1.54, 1.807) is 0 Å². The van der Waals surface area contributed by atoms with Crippen LogP contribution in [0.25, 0.3) is 0 Å². The summed E-state index contributed by atoms with van der Waals surface area (Å²) in [5.41, 5.74) is 0. The van der Waals surface area contributed by atoms with Crippen LogP contribution in [-0.2, 0) is 17.8 Å². The van der Waals surface area contributed by atoms with Crippen LogP contribution in [0.1, 0.15) is 17.9 Å². The molecule has 0 bridgehead atoms. The second kappa shape index (κ2) is 8.39. The van der Waals surface area contributed by atoms with Crippen molar-refractivity contribution >= 4 is 11.6 Å². The molecule has 0 amide bonds. The van der Waals surface area contributed by atoms with Gasteiger partial charge in [0, 0.05) is 19.5 Å². The Balaban J connectivity index is 1.42. The molecule has 0 aliphatic carbocycles. The molecule has 0 saturated carbocycles. The van der Waals surface area contributed by atoms with E-state index in [-0.39, 0.29) is 0 Å². The molecule has 4 nitrogen and oxygen atoms in total. The first-order chi connectivity index (χ1) is 11.3. The van der Waals surface area contributed by atoms with Crippen LogP contribution in [-0.4, -0.2) is 37.7 Å². The molecule has 1 aromatic carbocycles. The fraction of sp³-hybridized carbons (Fsp3) is 0.444. The highest BCUT2D eigenvalue weighted by atomic mass is 35.5. The summed E-state index contributed by atoms with van der Waals surface area (Å²) < 4.78 is 16.9. The van der Waals surface area contributed by atoms with Crippen LogP contribution in [0.2, 0.25) is 5.02 Å². The van der Waals surface area contributed by atoms with E-state index in [2.05, 4.69) is 4.90 Å². The van der Waals surface area contributed by atoms with Crippen LogP contribution in [0.15, 0.2) is 40.8 Å². The summed E-state index contributed by atoms with van der Waals surface area (Å²) in [5.74, 6) is 2.52. The molecule has 5 heteroatoms. The number of morpholine rings is 1. The van der Waals surface area contributed by atoms with E-state index in [1.165, 1.54) is 0 Å². The van der Waals surface area contributed by atoms with E-state index >= 15 is 0 Å². The smallest absolute Gasteiger partial charge is 0.146 e. The summed E-state index contributed by atoms with van der Waals surface area (Å²) in [6.45, 7) is 5.27. The minimum absolute atomic E-state index is 0.396. The van der Waals surface area contributed by atoms with Crippen molar-refractivity contribution in [2.24, 2.45) is 0 Å². The quantitative estimate of drug-likeness (QED) is 0.771. The van der Waals surface area contributed by atoms with Crippen LogP contribution in [0.5, 0.6) is 5.75 Å². The van der Waals surface area contributed by atoms with Crippen LogP contribution in [0.3, 0.4) is 0 Å². The summed E-state index contributed by atoms with van der Waals surface area (Å²) in [4.78, 5) is 2.44. The van der Waals surface area contributed by atoms with Gasteiger partial charge in [0.2, 0.25) is 0 Å². The number of rotatable bonds is 7. The van der Waals surface area contributed by atoms with Crippen molar-refractivity contribution in [3.63, 3.8) is 0 Å². The van der Waals surface area contributed by atoms with Gasteiger partial charge in [-0.3, -0.25) is 4.90 Å². The third-order valence-electron chi connectivity index (χ3n) is 3.93. The monoisotopic (exact) mass is 335 g/mol. The summed E-state index contributed by atoms with van der Waals surface area (Å²) in [6.07, 6.45) is 2.04. The molecule has 1 aliphatic rings. The number of hydrogen-bond acceptors (Lipinski definition) is 4. The molecule has 1 saturated heterocycles. The Kier molecular flexibility index (Phi) is 5.97. The number of furan rings is 1. The van der Waals surface area contributed by atoms with Gasteiger partial charge >= 0.3 is 0 Å². The Bertz CT molecular complexity index is 608. The Morgan fingerprint density at radius 2 is 1.83 bits per heavy atom. The maximum absolute atomic E-state index is 6.07. The number of para-hydroxylation sites is 1. The molecule has 2 aromatic rings. The minimum Gasteiger partial charge on any atom is -0.484 e. The molecule has 0 unspecified atom stereocenters. The average molecular weight is 336 g/mol. The molecule has 0 N–H and O–H groups in total. The summed E-state index contributed by atoms with van der Waals surface area (Å²) >= 11 is 6.07. The van der Waals surface area contributed by atoms with Crippen LogP contribution < -0.4 is 4.74 Å². The van der Waals surface area contributed by atoms with Crippen LogP contribution in [0.4, 0.5) is 0 Å². The van der Waals surface area contributed by atoms with E-state index in [0.29, 0.717) is 17.4 Å². The predicted octanol–water partition coefficient (Wildman–Crippen LogP) is 3.78. The fourth-order valence-corrected chi connectivity index (χ4v) is 2.84. The largest absolute Gasteiger partial charge is 0.484 e. The van der Waals surface area contributed by atoms with Crippen molar-refractivity contribution in [1.29, 1.82) is 0 Å². The van der Waals surface area contributed by atoms with Gasteiger partial charge in [-0.2, -0.15) is 0 Å². The molecule has 0 spiro atoms. The van der Waals surface area contributed by atoms with E-state index < -0.39 is 0 Å². The molecular formula is C18H22ClNO3. The van der Waals surface area contributed by atoms with E-state index in [4.69, 9.17) is 25.5 Å². The lowest BCUT2D eigenvalue weighted by atomic mass is 10.2. The van der Waals surface area contributed by atoms with E-state index in [9.17, 15) is 0 Å². The number of nitrogens with zero attached hydrogens (tertiary/aromatic N) is 1. The van der Waals surface area contributed by atoms with Gasteiger partial charge in [-0.15, -0.1) is 0 Å². The van der Waals surface area contributed by atoms with Gasteiger partial charge < -0.3 is 13.9 Å². The molecule has 1 fully saturated rings. The van der Waals surface area contributed by atoms with Gasteiger partial charge in [0.05, 0.1) is 18.2 Å². The summed E-state index contributed by atoms with van der Waals surface area (Å²) in [6, 6.07) is 11.5. The lowest BCUT2D eigenvalue weighted by Crippen LogP contribution is -2.36. The van der Waals surface area contributed by atoms with Crippen molar-refractivity contribution < 1.29 is 13.9 Å². The average Bonchev–Trinajstić information content (AvgIpc) is 3.03. The highest BCUT2D eigenvalue weighted by Gasteiger charge is 2.10. The number of hydrogen-bond donors (Lipinski definition) is 0. The van der Waals surface area contributed by atoms with Crippen molar-refractivity contribution in [3.8, 4) is 5.75 Å². The molecule has 23 heavy (non-hydrogen) atoms. The summed E-state index contributed by atoms with van der Waals surface area (Å²) in [7, 11) is 0. The van der Waals surface area contributed by atoms with Crippen molar-refractivity contribution in [2.45, 2.75) is 19.4 Å². The van der Waals surface area contributed by atoms with Crippen LogP contribution in [0, 0.1) is 0 Å². The molecule has 0 radical (unpaired) electrons. The standard InChI is InChI=1S/C18H22ClNO3/c19-17-5-1-2-6-18(17)22-14-16-8-7-15(23-16)4-3-9-20-10-12-21-13-11-20/h1-2,5-8H,3-4,9-14H2. The SMILES string of the molecule is Clc1ccccc1OCc1ccc(CCCN2CCOCC2)o1. The second-order valence-electron chi connectivity index (χ2n) is 5.64. The zero-order valence-electron chi connectivity index (χ0n) is 13.2. The zero-order valence-corrected chi connectivity index (χ0v) is 13.9. The molecule has 1 aromatic heterocycles. The normalized spacial score (nSPS) is 15.7. The Morgan fingerprint density at radius 3 is 2.65 bits per heavy atom. The van der Waals surface area contributed by atoms with Crippen LogP contribution >= 0.6 is 11.6 Å². The van der Waals surface area contributed by atoms with Crippen molar-refractivity contribution in [2.75, 3.05) is 32.8 Å². The Hall–Kier alpha value is -1.49. The second-order valence-corrected chi connectivity index (χ2v) is 6.05. The van der Waals surface area contributed by atoms with Gasteiger partial charge in [0.1, 0.15) is 23.9 Å². The first-order valence-corrected chi connectivity index (χ1v) is 8.44. The topological polar surface area (TPSA) is 34.8 Å². The van der Waals surface area contributed by atoms with Crippen molar-refractivity contribution in [3.05, 3.63) is 52.9 Å². The summed E-state index contributed by atoms with van der Waals surface area (Å²) in [5, 5.41) is 0.616. The highest BCUT2D eigenvalue weighted by Crippen LogP contribution is 2.24. The van der Waals surface area contributed by atoms with Gasteiger partial charge in [0.25, 0.3) is 0 Å². The molecular weight excluding hydrogens is 314 g/mol. The molecule has 3 rings (SSSR count).